The van der Waals surface area contributed by atoms with Crippen LogP contribution in [0.4, 0.5) is 4.79 Å². The molecule has 1 fully saturated rings. The highest BCUT2D eigenvalue weighted by Gasteiger charge is 2.34. The van der Waals surface area contributed by atoms with E-state index in [1.165, 1.54) is 0 Å². The van der Waals surface area contributed by atoms with Crippen LogP contribution in [0.2, 0.25) is 0 Å². The maximum Gasteiger partial charge on any atom is 0.317 e. The van der Waals surface area contributed by atoms with Crippen LogP contribution >= 0.6 is 0 Å². The summed E-state index contributed by atoms with van der Waals surface area (Å²) in [5, 5.41) is 2.94. The molecule has 1 saturated heterocycles. The fourth-order valence-electron chi connectivity index (χ4n) is 3.09. The van der Waals surface area contributed by atoms with Crippen LogP contribution in [0.3, 0.4) is 0 Å². The van der Waals surface area contributed by atoms with E-state index < -0.39 is 0 Å². The van der Waals surface area contributed by atoms with Gasteiger partial charge < -0.3 is 24.4 Å². The normalized spacial score (nSPS) is 25.8. The van der Waals surface area contributed by atoms with Crippen LogP contribution in [-0.4, -0.2) is 55.0 Å². The summed E-state index contributed by atoms with van der Waals surface area (Å²) in [6.07, 6.45) is -0.147. The second kappa shape index (κ2) is 6.28. The monoisotopic (exact) mass is 320 g/mol. The van der Waals surface area contributed by atoms with Crippen LogP contribution in [0.15, 0.2) is 24.3 Å². The summed E-state index contributed by atoms with van der Waals surface area (Å²) >= 11 is 0. The first-order valence-electron chi connectivity index (χ1n) is 8.02. The second-order valence-corrected chi connectivity index (χ2v) is 6.75. The minimum absolute atomic E-state index is 0.0330. The minimum atomic E-state index is -0.321. The van der Waals surface area contributed by atoms with E-state index in [9.17, 15) is 4.79 Å². The van der Waals surface area contributed by atoms with Gasteiger partial charge in [0.1, 0.15) is 6.61 Å². The fraction of sp³-hybridized carbons (Fsp3) is 0.588. The number of urea groups is 1. The lowest BCUT2D eigenvalue weighted by molar-refractivity contribution is -0.117. The van der Waals surface area contributed by atoms with E-state index in [4.69, 9.17) is 14.2 Å². The van der Waals surface area contributed by atoms with Crippen LogP contribution in [-0.2, 0) is 4.74 Å². The molecule has 0 saturated carbocycles. The van der Waals surface area contributed by atoms with Crippen LogP contribution < -0.4 is 14.8 Å². The zero-order valence-corrected chi connectivity index (χ0v) is 13.9. The van der Waals surface area contributed by atoms with E-state index in [0.29, 0.717) is 26.2 Å². The molecule has 0 aromatic heterocycles. The molecule has 2 amide bonds. The topological polar surface area (TPSA) is 60.0 Å². The smallest absolute Gasteiger partial charge is 0.317 e. The molecule has 0 spiro atoms. The van der Waals surface area contributed by atoms with Crippen molar-refractivity contribution < 1.29 is 19.0 Å². The van der Waals surface area contributed by atoms with Crippen molar-refractivity contribution in [2.75, 3.05) is 26.2 Å². The molecule has 126 valence electrons. The van der Waals surface area contributed by atoms with Gasteiger partial charge in [-0.05, 0) is 32.9 Å². The van der Waals surface area contributed by atoms with Crippen molar-refractivity contribution in [3.05, 3.63) is 24.3 Å². The van der Waals surface area contributed by atoms with Gasteiger partial charge in [-0.3, -0.25) is 0 Å². The predicted molar refractivity (Wildman–Crippen MR) is 86.0 cm³/mol. The summed E-state index contributed by atoms with van der Waals surface area (Å²) < 4.78 is 17.3. The van der Waals surface area contributed by atoms with E-state index in [1.807, 2.05) is 45.0 Å². The number of amides is 2. The Morgan fingerprint density at radius 3 is 2.83 bits per heavy atom. The Morgan fingerprint density at radius 2 is 2.09 bits per heavy atom. The van der Waals surface area contributed by atoms with Crippen molar-refractivity contribution in [1.29, 1.82) is 0 Å². The average molecular weight is 320 g/mol. The highest BCUT2D eigenvalue weighted by Crippen LogP contribution is 2.30. The van der Waals surface area contributed by atoms with Crippen LogP contribution in [0.25, 0.3) is 0 Å². The Balaban J connectivity index is 1.52. The molecule has 0 bridgehead atoms. The number of hydrogen-bond donors (Lipinski definition) is 1. The number of nitrogens with one attached hydrogen (secondary N) is 1. The van der Waals surface area contributed by atoms with Crippen molar-refractivity contribution in [1.82, 2.24) is 10.2 Å². The molecule has 2 heterocycles. The highest BCUT2D eigenvalue weighted by atomic mass is 16.6. The Kier molecular flexibility index (Phi) is 4.35. The molecule has 1 aromatic carbocycles. The Hall–Kier alpha value is -1.95. The molecule has 2 atom stereocenters. The summed E-state index contributed by atoms with van der Waals surface area (Å²) in [6.45, 7) is 8.00. The summed E-state index contributed by atoms with van der Waals surface area (Å²) in [5.41, 5.74) is -0.321. The van der Waals surface area contributed by atoms with E-state index in [1.54, 1.807) is 4.90 Å². The molecular weight excluding hydrogens is 296 g/mol. The summed E-state index contributed by atoms with van der Waals surface area (Å²) in [4.78, 5) is 14.2. The van der Waals surface area contributed by atoms with Gasteiger partial charge in [0.15, 0.2) is 17.6 Å². The van der Waals surface area contributed by atoms with E-state index >= 15 is 0 Å². The number of rotatable bonds is 2. The third-order valence-corrected chi connectivity index (χ3v) is 3.91. The standard InChI is InChI=1S/C17H24N2O4/c1-12-9-19(11-17(2,3)23-12)16(20)18-8-13-10-21-14-6-4-5-7-15(14)22-13/h4-7,12-13H,8-11H2,1-3H3,(H,18,20)/t12-,13+/m0/s1. The zero-order valence-electron chi connectivity index (χ0n) is 13.9. The van der Waals surface area contributed by atoms with Crippen molar-refractivity contribution >= 4 is 6.03 Å². The molecule has 3 rings (SSSR count). The zero-order chi connectivity index (χ0) is 16.4. The van der Waals surface area contributed by atoms with Gasteiger partial charge in [-0.1, -0.05) is 12.1 Å². The first-order chi connectivity index (χ1) is 10.9. The molecular formula is C17H24N2O4. The van der Waals surface area contributed by atoms with Gasteiger partial charge in [-0.15, -0.1) is 0 Å². The van der Waals surface area contributed by atoms with Crippen molar-refractivity contribution in [2.45, 2.75) is 38.6 Å². The average Bonchev–Trinajstić information content (AvgIpc) is 2.50. The third kappa shape index (κ3) is 3.88. The number of hydrogen-bond acceptors (Lipinski definition) is 4. The van der Waals surface area contributed by atoms with Crippen LogP contribution in [0.5, 0.6) is 11.5 Å². The molecule has 1 aromatic rings. The van der Waals surface area contributed by atoms with Gasteiger partial charge in [0.2, 0.25) is 0 Å². The highest BCUT2D eigenvalue weighted by molar-refractivity contribution is 5.74. The molecule has 2 aliphatic rings. The summed E-state index contributed by atoms with van der Waals surface area (Å²) in [5.74, 6) is 1.47. The summed E-state index contributed by atoms with van der Waals surface area (Å²) in [7, 11) is 0. The molecule has 0 radical (unpaired) electrons. The maximum atomic E-state index is 12.4. The number of fused-ring (bicyclic) bond motifs is 1. The number of ether oxygens (including phenoxy) is 3. The van der Waals surface area contributed by atoms with Gasteiger partial charge in [-0.25, -0.2) is 4.79 Å². The van der Waals surface area contributed by atoms with Gasteiger partial charge in [0.05, 0.1) is 24.8 Å². The van der Waals surface area contributed by atoms with Gasteiger partial charge in [0, 0.05) is 6.54 Å². The molecule has 6 heteroatoms. The van der Waals surface area contributed by atoms with Crippen molar-refractivity contribution in [2.24, 2.45) is 0 Å². The molecule has 0 aliphatic carbocycles. The largest absolute Gasteiger partial charge is 0.486 e. The lowest BCUT2D eigenvalue weighted by Crippen LogP contribution is -2.57. The van der Waals surface area contributed by atoms with Crippen molar-refractivity contribution in [3.63, 3.8) is 0 Å². The van der Waals surface area contributed by atoms with E-state index in [-0.39, 0.29) is 23.8 Å². The lowest BCUT2D eigenvalue weighted by atomic mass is 10.1. The van der Waals surface area contributed by atoms with Gasteiger partial charge in [-0.2, -0.15) is 0 Å². The van der Waals surface area contributed by atoms with Crippen molar-refractivity contribution in [3.8, 4) is 11.5 Å². The molecule has 6 nitrogen and oxygen atoms in total. The first kappa shape index (κ1) is 15.9. The molecule has 23 heavy (non-hydrogen) atoms. The third-order valence-electron chi connectivity index (χ3n) is 3.91. The quantitative estimate of drug-likeness (QED) is 0.906. The SMILES string of the molecule is C[C@H]1CN(C(=O)NC[C@@H]2COc3ccccc3O2)CC(C)(C)O1. The Morgan fingerprint density at radius 1 is 1.35 bits per heavy atom. The van der Waals surface area contributed by atoms with Crippen LogP contribution in [0.1, 0.15) is 20.8 Å². The predicted octanol–water partition coefficient (Wildman–Crippen LogP) is 2.04. The number of carbonyl (C=O) groups is 1. The Labute approximate surface area is 136 Å². The van der Waals surface area contributed by atoms with E-state index in [2.05, 4.69) is 5.32 Å². The van der Waals surface area contributed by atoms with Gasteiger partial charge >= 0.3 is 6.03 Å². The fourth-order valence-corrected chi connectivity index (χ4v) is 3.09. The number of benzene rings is 1. The van der Waals surface area contributed by atoms with Crippen LogP contribution in [0, 0.1) is 0 Å². The molecule has 2 aliphatic heterocycles. The maximum absolute atomic E-state index is 12.4. The second-order valence-electron chi connectivity index (χ2n) is 6.75. The number of carbonyl (C=O) groups excluding carboxylic acids is 1. The number of para-hydroxylation sites is 2. The molecule has 1 N–H and O–H groups in total. The lowest BCUT2D eigenvalue weighted by Gasteiger charge is -2.41. The van der Waals surface area contributed by atoms with E-state index in [0.717, 1.165) is 11.5 Å². The first-order valence-corrected chi connectivity index (χ1v) is 8.02. The number of nitrogens with zero attached hydrogens (tertiary/aromatic N) is 1. The Bertz CT molecular complexity index is 575. The molecule has 0 unspecified atom stereocenters. The minimum Gasteiger partial charge on any atom is -0.486 e. The number of morpholine rings is 1. The van der Waals surface area contributed by atoms with Gasteiger partial charge in [0.25, 0.3) is 0 Å². The summed E-state index contributed by atoms with van der Waals surface area (Å²) in [6, 6.07) is 7.47.